The van der Waals surface area contributed by atoms with Crippen LogP contribution < -0.4 is 0 Å². The summed E-state index contributed by atoms with van der Waals surface area (Å²) in [7, 11) is -3.30. The molecule has 0 N–H and O–H groups in total. The van der Waals surface area contributed by atoms with E-state index in [9.17, 15) is 8.42 Å². The van der Waals surface area contributed by atoms with Crippen LogP contribution in [-0.2, 0) is 10.2 Å². The summed E-state index contributed by atoms with van der Waals surface area (Å²) >= 11 is 0. The molecule has 3 aromatic heterocycles. The molecule has 2 aliphatic rings. The Kier molecular flexibility index (Phi) is 5.22. The minimum absolute atomic E-state index is 0.265. The summed E-state index contributed by atoms with van der Waals surface area (Å²) < 4.78 is 28.8. The quantitative estimate of drug-likeness (QED) is 0.644. The lowest BCUT2D eigenvalue weighted by molar-refractivity contribution is 0.294. The topological polar surface area (TPSA) is 79.3 Å². The number of hydrogen-bond acceptors (Lipinski definition) is 5. The molecule has 2 aliphatic heterocycles. The standard InChI is InChI=1S/C22H25N5O2S/c28-30(29,26-11-1-2-12-26)27-13-7-18(8-14-27)21-4-3-19-15-20(16-24-22(19)25-21)17-5-9-23-10-6-17/h3-6,9-10,15-16,18H,1-2,7-8,11-14H2. The van der Waals surface area contributed by atoms with E-state index in [4.69, 9.17) is 4.98 Å². The van der Waals surface area contributed by atoms with Crippen LogP contribution in [0.3, 0.4) is 0 Å². The van der Waals surface area contributed by atoms with Gasteiger partial charge in [-0.2, -0.15) is 17.0 Å². The average Bonchev–Trinajstić information content (AvgIpc) is 3.35. The Morgan fingerprint density at radius 2 is 1.57 bits per heavy atom. The van der Waals surface area contributed by atoms with E-state index in [0.717, 1.165) is 53.5 Å². The van der Waals surface area contributed by atoms with Crippen molar-refractivity contribution in [3.63, 3.8) is 0 Å². The predicted molar refractivity (Wildman–Crippen MR) is 116 cm³/mol. The van der Waals surface area contributed by atoms with Crippen molar-refractivity contribution >= 4 is 21.2 Å². The normalized spacial score (nSPS) is 19.5. The largest absolute Gasteiger partial charge is 0.281 e. The smallest absolute Gasteiger partial charge is 0.265 e. The fourth-order valence-electron chi connectivity index (χ4n) is 4.42. The van der Waals surface area contributed by atoms with E-state index in [1.807, 2.05) is 18.3 Å². The van der Waals surface area contributed by atoms with Gasteiger partial charge in [-0.15, -0.1) is 0 Å². The van der Waals surface area contributed by atoms with E-state index in [0.29, 0.717) is 26.2 Å². The van der Waals surface area contributed by atoms with E-state index < -0.39 is 10.2 Å². The first-order chi connectivity index (χ1) is 14.6. The molecular weight excluding hydrogens is 398 g/mol. The van der Waals surface area contributed by atoms with Gasteiger partial charge in [-0.05, 0) is 61.6 Å². The van der Waals surface area contributed by atoms with Crippen molar-refractivity contribution in [1.29, 1.82) is 0 Å². The second kappa shape index (κ2) is 8.02. The van der Waals surface area contributed by atoms with Gasteiger partial charge < -0.3 is 0 Å². The van der Waals surface area contributed by atoms with Gasteiger partial charge in [0, 0.05) is 67.3 Å². The first-order valence-electron chi connectivity index (χ1n) is 10.5. The molecule has 3 aromatic rings. The molecule has 0 unspecified atom stereocenters. The van der Waals surface area contributed by atoms with Gasteiger partial charge in [0.2, 0.25) is 0 Å². The van der Waals surface area contributed by atoms with E-state index in [-0.39, 0.29) is 5.92 Å². The lowest BCUT2D eigenvalue weighted by Gasteiger charge is -2.33. The fourth-order valence-corrected chi connectivity index (χ4v) is 6.14. The minimum atomic E-state index is -3.30. The summed E-state index contributed by atoms with van der Waals surface area (Å²) in [5.74, 6) is 0.265. The molecule has 0 saturated carbocycles. The third kappa shape index (κ3) is 3.71. The zero-order valence-electron chi connectivity index (χ0n) is 16.8. The molecule has 0 aliphatic carbocycles. The third-order valence-corrected chi connectivity index (χ3v) is 8.20. The highest BCUT2D eigenvalue weighted by Gasteiger charge is 2.34. The number of piperidine rings is 1. The lowest BCUT2D eigenvalue weighted by atomic mass is 9.94. The molecule has 156 valence electrons. The Balaban J connectivity index is 1.31. The molecule has 0 amide bonds. The minimum Gasteiger partial charge on any atom is -0.265 e. The molecular formula is C22H25N5O2S. The van der Waals surface area contributed by atoms with Gasteiger partial charge in [0.15, 0.2) is 5.65 Å². The second-order valence-electron chi connectivity index (χ2n) is 8.03. The highest BCUT2D eigenvalue weighted by atomic mass is 32.2. The molecule has 2 saturated heterocycles. The molecule has 5 heterocycles. The molecule has 2 fully saturated rings. The summed E-state index contributed by atoms with van der Waals surface area (Å²) in [6.07, 6.45) is 8.91. The van der Waals surface area contributed by atoms with Gasteiger partial charge in [-0.1, -0.05) is 0 Å². The Labute approximate surface area is 177 Å². The molecule has 0 aromatic carbocycles. The molecule has 8 heteroatoms. The van der Waals surface area contributed by atoms with E-state index in [2.05, 4.69) is 28.2 Å². The number of hydrogen-bond donors (Lipinski definition) is 0. The Morgan fingerprint density at radius 1 is 0.867 bits per heavy atom. The van der Waals surface area contributed by atoms with Crippen molar-refractivity contribution in [2.45, 2.75) is 31.6 Å². The average molecular weight is 424 g/mol. The number of nitrogens with zero attached hydrogens (tertiary/aromatic N) is 5. The summed E-state index contributed by atoms with van der Waals surface area (Å²) in [5.41, 5.74) is 3.86. The highest BCUT2D eigenvalue weighted by molar-refractivity contribution is 7.86. The van der Waals surface area contributed by atoms with Crippen LogP contribution in [-0.4, -0.2) is 58.2 Å². The summed E-state index contributed by atoms with van der Waals surface area (Å²) in [5, 5.41) is 1.00. The number of aromatic nitrogens is 3. The first-order valence-corrected chi connectivity index (χ1v) is 11.9. The summed E-state index contributed by atoms with van der Waals surface area (Å²) in [4.78, 5) is 13.4. The zero-order valence-corrected chi connectivity index (χ0v) is 17.6. The fraction of sp³-hybridized carbons (Fsp3) is 0.409. The molecule has 0 atom stereocenters. The lowest BCUT2D eigenvalue weighted by Crippen LogP contribution is -2.45. The zero-order chi connectivity index (χ0) is 20.6. The van der Waals surface area contributed by atoms with Crippen LogP contribution in [0.15, 0.2) is 48.9 Å². The van der Waals surface area contributed by atoms with Gasteiger partial charge in [-0.3, -0.25) is 4.98 Å². The van der Waals surface area contributed by atoms with Crippen LogP contribution in [0.4, 0.5) is 0 Å². The van der Waals surface area contributed by atoms with Gasteiger partial charge >= 0.3 is 0 Å². The van der Waals surface area contributed by atoms with Gasteiger partial charge in [-0.25, -0.2) is 9.97 Å². The van der Waals surface area contributed by atoms with E-state index >= 15 is 0 Å². The highest BCUT2D eigenvalue weighted by Crippen LogP contribution is 2.31. The molecule has 0 bridgehead atoms. The second-order valence-corrected chi connectivity index (χ2v) is 9.96. The monoisotopic (exact) mass is 423 g/mol. The molecule has 5 rings (SSSR count). The van der Waals surface area contributed by atoms with Crippen molar-refractivity contribution < 1.29 is 8.42 Å². The van der Waals surface area contributed by atoms with Crippen LogP contribution in [0.25, 0.3) is 22.2 Å². The summed E-state index contributed by atoms with van der Waals surface area (Å²) in [6, 6.07) is 10.2. The van der Waals surface area contributed by atoms with Crippen molar-refractivity contribution in [3.05, 3.63) is 54.6 Å². The first kappa shape index (κ1) is 19.5. The van der Waals surface area contributed by atoms with Gasteiger partial charge in [0.25, 0.3) is 10.2 Å². The number of rotatable bonds is 4. The van der Waals surface area contributed by atoms with Crippen molar-refractivity contribution in [1.82, 2.24) is 23.6 Å². The third-order valence-electron chi connectivity index (χ3n) is 6.17. The molecule has 30 heavy (non-hydrogen) atoms. The van der Waals surface area contributed by atoms with Crippen molar-refractivity contribution in [3.8, 4) is 11.1 Å². The Morgan fingerprint density at radius 3 is 2.30 bits per heavy atom. The maximum Gasteiger partial charge on any atom is 0.281 e. The van der Waals surface area contributed by atoms with Crippen LogP contribution in [0.1, 0.15) is 37.3 Å². The Bertz CT molecular complexity index is 1140. The molecule has 0 radical (unpaired) electrons. The van der Waals surface area contributed by atoms with Crippen LogP contribution in [0.5, 0.6) is 0 Å². The van der Waals surface area contributed by atoms with Gasteiger partial charge in [0.1, 0.15) is 0 Å². The number of fused-ring (bicyclic) bond motifs is 1. The summed E-state index contributed by atoms with van der Waals surface area (Å²) in [6.45, 7) is 2.42. The predicted octanol–water partition coefficient (Wildman–Crippen LogP) is 3.21. The number of pyridine rings is 3. The van der Waals surface area contributed by atoms with Crippen molar-refractivity contribution in [2.75, 3.05) is 26.2 Å². The SMILES string of the molecule is O=S(=O)(N1CCCC1)N1CCC(c2ccc3cc(-c4ccncc4)cnc3n2)CC1. The maximum atomic E-state index is 12.8. The van der Waals surface area contributed by atoms with Crippen LogP contribution in [0, 0.1) is 0 Å². The van der Waals surface area contributed by atoms with Crippen LogP contribution in [0.2, 0.25) is 0 Å². The molecule has 0 spiro atoms. The van der Waals surface area contributed by atoms with E-state index in [1.54, 1.807) is 21.0 Å². The molecule has 7 nitrogen and oxygen atoms in total. The van der Waals surface area contributed by atoms with Crippen molar-refractivity contribution in [2.24, 2.45) is 0 Å². The van der Waals surface area contributed by atoms with Crippen LogP contribution >= 0.6 is 0 Å². The Hall–Kier alpha value is -2.42. The van der Waals surface area contributed by atoms with Gasteiger partial charge in [0.05, 0.1) is 0 Å². The maximum absolute atomic E-state index is 12.8. The van der Waals surface area contributed by atoms with E-state index in [1.165, 1.54) is 0 Å².